The molecule has 3 heteroatoms. The summed E-state index contributed by atoms with van der Waals surface area (Å²) in [6.07, 6.45) is 15.9. The SMILES string of the molecule is CCCCCCCCCCCCCCC(=O)c1ccc(O)c(O)c1. The molecule has 0 aromatic heterocycles. The fourth-order valence-electron chi connectivity index (χ4n) is 2.97. The van der Waals surface area contributed by atoms with Gasteiger partial charge in [-0.2, -0.15) is 0 Å². The third-order valence-electron chi connectivity index (χ3n) is 4.55. The van der Waals surface area contributed by atoms with E-state index in [2.05, 4.69) is 6.92 Å². The average molecular weight is 334 g/mol. The van der Waals surface area contributed by atoms with Gasteiger partial charge in [0.05, 0.1) is 0 Å². The van der Waals surface area contributed by atoms with Gasteiger partial charge in [-0.3, -0.25) is 4.79 Å². The number of aromatic hydroxyl groups is 2. The Balaban J connectivity index is 1.96. The lowest BCUT2D eigenvalue weighted by Gasteiger charge is -2.04. The molecule has 0 aliphatic rings. The van der Waals surface area contributed by atoms with E-state index in [0.29, 0.717) is 12.0 Å². The smallest absolute Gasteiger partial charge is 0.163 e. The second-order valence-electron chi connectivity index (χ2n) is 6.77. The maximum absolute atomic E-state index is 12.0. The molecule has 1 aromatic rings. The second-order valence-corrected chi connectivity index (χ2v) is 6.77. The van der Waals surface area contributed by atoms with Crippen molar-refractivity contribution in [2.75, 3.05) is 0 Å². The van der Waals surface area contributed by atoms with Crippen molar-refractivity contribution in [1.29, 1.82) is 0 Å². The van der Waals surface area contributed by atoms with E-state index < -0.39 is 0 Å². The summed E-state index contributed by atoms with van der Waals surface area (Å²) < 4.78 is 0. The molecule has 24 heavy (non-hydrogen) atoms. The van der Waals surface area contributed by atoms with E-state index >= 15 is 0 Å². The number of carbonyl (C=O) groups excluding carboxylic acids is 1. The first-order valence-electron chi connectivity index (χ1n) is 9.70. The van der Waals surface area contributed by atoms with Gasteiger partial charge in [0, 0.05) is 12.0 Å². The molecule has 0 heterocycles. The molecule has 0 atom stereocenters. The Bertz CT molecular complexity index is 468. The van der Waals surface area contributed by atoms with Crippen LogP contribution in [0.25, 0.3) is 0 Å². The molecular formula is C21H34O3. The van der Waals surface area contributed by atoms with Gasteiger partial charge in [0.1, 0.15) is 0 Å². The van der Waals surface area contributed by atoms with Gasteiger partial charge >= 0.3 is 0 Å². The van der Waals surface area contributed by atoms with Crippen molar-refractivity contribution in [3.8, 4) is 11.5 Å². The Kier molecular flexibility index (Phi) is 11.0. The van der Waals surface area contributed by atoms with E-state index in [1.807, 2.05) is 0 Å². The summed E-state index contributed by atoms with van der Waals surface area (Å²) in [7, 11) is 0. The summed E-state index contributed by atoms with van der Waals surface area (Å²) in [5.41, 5.74) is 0.480. The second kappa shape index (κ2) is 12.9. The predicted molar refractivity (Wildman–Crippen MR) is 99.8 cm³/mol. The van der Waals surface area contributed by atoms with Crippen molar-refractivity contribution in [1.82, 2.24) is 0 Å². The third-order valence-corrected chi connectivity index (χ3v) is 4.55. The lowest BCUT2D eigenvalue weighted by molar-refractivity contribution is 0.0978. The molecule has 0 radical (unpaired) electrons. The van der Waals surface area contributed by atoms with Crippen LogP contribution in [0.3, 0.4) is 0 Å². The van der Waals surface area contributed by atoms with Crippen molar-refractivity contribution in [3.63, 3.8) is 0 Å². The number of Topliss-reactive ketones (excluding diaryl/α,β-unsaturated/α-hetero) is 1. The lowest BCUT2D eigenvalue weighted by atomic mass is 10.0. The van der Waals surface area contributed by atoms with E-state index in [0.717, 1.165) is 12.8 Å². The van der Waals surface area contributed by atoms with Gasteiger partial charge in [0.2, 0.25) is 0 Å². The Hall–Kier alpha value is -1.51. The number of unbranched alkanes of at least 4 members (excludes halogenated alkanes) is 11. The number of ketones is 1. The van der Waals surface area contributed by atoms with E-state index in [4.69, 9.17) is 0 Å². The molecule has 1 aromatic carbocycles. The summed E-state index contributed by atoms with van der Waals surface area (Å²) in [6.45, 7) is 2.25. The molecule has 0 bridgehead atoms. The minimum absolute atomic E-state index is 0.0392. The summed E-state index contributed by atoms with van der Waals surface area (Å²) in [4.78, 5) is 12.0. The normalized spacial score (nSPS) is 10.9. The van der Waals surface area contributed by atoms with Crippen LogP contribution in [-0.2, 0) is 0 Å². The Morgan fingerprint density at radius 3 is 1.75 bits per heavy atom. The van der Waals surface area contributed by atoms with Crippen molar-refractivity contribution in [2.45, 2.75) is 90.4 Å². The van der Waals surface area contributed by atoms with Crippen molar-refractivity contribution >= 4 is 5.78 Å². The highest BCUT2D eigenvalue weighted by Gasteiger charge is 2.08. The zero-order valence-corrected chi connectivity index (χ0v) is 15.2. The monoisotopic (exact) mass is 334 g/mol. The van der Waals surface area contributed by atoms with Crippen LogP contribution in [0.1, 0.15) is 101 Å². The van der Waals surface area contributed by atoms with Gasteiger partial charge in [-0.05, 0) is 24.6 Å². The number of carbonyl (C=O) groups is 1. The van der Waals surface area contributed by atoms with E-state index in [9.17, 15) is 15.0 Å². The van der Waals surface area contributed by atoms with E-state index in [1.54, 1.807) is 6.07 Å². The third kappa shape index (κ3) is 8.95. The van der Waals surface area contributed by atoms with Gasteiger partial charge in [-0.25, -0.2) is 0 Å². The molecule has 136 valence electrons. The molecule has 0 saturated carbocycles. The molecule has 0 spiro atoms. The molecule has 2 N–H and O–H groups in total. The van der Waals surface area contributed by atoms with Crippen LogP contribution in [0.2, 0.25) is 0 Å². The van der Waals surface area contributed by atoms with E-state index in [-0.39, 0.29) is 17.3 Å². The van der Waals surface area contributed by atoms with Crippen LogP contribution >= 0.6 is 0 Å². The van der Waals surface area contributed by atoms with Gasteiger partial charge in [-0.15, -0.1) is 0 Å². The molecule has 0 fully saturated rings. The number of rotatable bonds is 14. The first kappa shape index (κ1) is 20.5. The molecule has 3 nitrogen and oxygen atoms in total. The summed E-state index contributed by atoms with van der Waals surface area (Å²) in [6, 6.07) is 4.28. The molecule has 0 amide bonds. The largest absolute Gasteiger partial charge is 0.504 e. The van der Waals surface area contributed by atoms with E-state index in [1.165, 1.54) is 76.3 Å². The van der Waals surface area contributed by atoms with Crippen molar-refractivity contribution < 1.29 is 15.0 Å². The molecule has 0 aliphatic carbocycles. The van der Waals surface area contributed by atoms with Crippen LogP contribution in [0.15, 0.2) is 18.2 Å². The first-order valence-corrected chi connectivity index (χ1v) is 9.70. The summed E-state index contributed by atoms with van der Waals surface area (Å²) >= 11 is 0. The summed E-state index contributed by atoms with van der Waals surface area (Å²) in [5, 5.41) is 18.7. The highest BCUT2D eigenvalue weighted by molar-refractivity contribution is 5.96. The number of hydrogen-bond acceptors (Lipinski definition) is 3. The van der Waals surface area contributed by atoms with Crippen LogP contribution in [0.5, 0.6) is 11.5 Å². The van der Waals surface area contributed by atoms with Crippen LogP contribution < -0.4 is 0 Å². The minimum atomic E-state index is -0.226. The predicted octanol–water partition coefficient (Wildman–Crippen LogP) is 6.37. The maximum Gasteiger partial charge on any atom is 0.163 e. The number of phenols is 2. The maximum atomic E-state index is 12.0. The van der Waals surface area contributed by atoms with Crippen LogP contribution in [-0.4, -0.2) is 16.0 Å². The van der Waals surface area contributed by atoms with Crippen LogP contribution in [0, 0.1) is 0 Å². The molecule has 1 rings (SSSR count). The number of hydrogen-bond donors (Lipinski definition) is 2. The van der Waals surface area contributed by atoms with Crippen molar-refractivity contribution in [2.24, 2.45) is 0 Å². The zero-order valence-electron chi connectivity index (χ0n) is 15.2. The Labute approximate surface area is 147 Å². The molecule has 0 saturated heterocycles. The average Bonchev–Trinajstić information content (AvgIpc) is 2.58. The fraction of sp³-hybridized carbons (Fsp3) is 0.667. The zero-order chi connectivity index (χ0) is 17.6. The van der Waals surface area contributed by atoms with Gasteiger partial charge in [0.25, 0.3) is 0 Å². The highest BCUT2D eigenvalue weighted by Crippen LogP contribution is 2.25. The quantitative estimate of drug-likeness (QED) is 0.236. The fourth-order valence-corrected chi connectivity index (χ4v) is 2.97. The Morgan fingerprint density at radius 2 is 1.25 bits per heavy atom. The van der Waals surface area contributed by atoms with Crippen LogP contribution in [0.4, 0.5) is 0 Å². The lowest BCUT2D eigenvalue weighted by Crippen LogP contribution is -1.98. The minimum Gasteiger partial charge on any atom is -0.504 e. The highest BCUT2D eigenvalue weighted by atomic mass is 16.3. The number of benzene rings is 1. The molecule has 0 aliphatic heterocycles. The molecular weight excluding hydrogens is 300 g/mol. The standard InChI is InChI=1S/C21H34O3/c1-2-3-4-5-6-7-8-9-10-11-12-13-14-19(22)18-15-16-20(23)21(24)17-18/h15-17,23-24H,2-14H2,1H3. The molecule has 0 unspecified atom stereocenters. The first-order chi connectivity index (χ1) is 11.6. The van der Waals surface area contributed by atoms with Crippen molar-refractivity contribution in [3.05, 3.63) is 23.8 Å². The topological polar surface area (TPSA) is 57.5 Å². The Morgan fingerprint density at radius 1 is 0.750 bits per heavy atom. The van der Waals surface area contributed by atoms with Gasteiger partial charge < -0.3 is 10.2 Å². The van der Waals surface area contributed by atoms with Gasteiger partial charge in [-0.1, -0.05) is 77.6 Å². The summed E-state index contributed by atoms with van der Waals surface area (Å²) in [5.74, 6) is -0.371. The van der Waals surface area contributed by atoms with Gasteiger partial charge in [0.15, 0.2) is 17.3 Å². The number of phenolic OH excluding ortho intramolecular Hbond substituents is 2.